The third-order valence-electron chi connectivity index (χ3n) is 2.09. The maximum atomic E-state index is 13.2. The van der Waals surface area contributed by atoms with Gasteiger partial charge in [0.05, 0.1) is 10.9 Å². The average molecular weight is 230 g/mol. The summed E-state index contributed by atoms with van der Waals surface area (Å²) in [6.07, 6.45) is 0.437. The first-order valence-electron chi connectivity index (χ1n) is 5.00. The molecule has 1 aromatic heterocycles. The van der Waals surface area contributed by atoms with E-state index in [1.54, 1.807) is 18.7 Å². The molecule has 1 atom stereocenters. The van der Waals surface area contributed by atoms with Gasteiger partial charge in [-0.2, -0.15) is 16.2 Å². The maximum Gasteiger partial charge on any atom is 0.287 e. The highest BCUT2D eigenvalue weighted by molar-refractivity contribution is 7.99. The van der Waals surface area contributed by atoms with Crippen molar-refractivity contribution < 1.29 is 4.39 Å². The van der Waals surface area contributed by atoms with Gasteiger partial charge in [-0.3, -0.25) is 4.79 Å². The number of aromatic nitrogens is 2. The maximum absolute atomic E-state index is 13.2. The minimum atomic E-state index is -0.755. The lowest BCUT2D eigenvalue weighted by atomic mass is 10.3. The fourth-order valence-electron chi connectivity index (χ4n) is 1.28. The minimum Gasteiger partial charge on any atom is -0.307 e. The summed E-state index contributed by atoms with van der Waals surface area (Å²) in [5.41, 5.74) is -0.419. The molecule has 1 rings (SSSR count). The van der Waals surface area contributed by atoms with E-state index in [0.29, 0.717) is 12.2 Å². The first kappa shape index (κ1) is 12.2. The van der Waals surface area contributed by atoms with Crippen molar-refractivity contribution in [2.75, 3.05) is 5.75 Å². The summed E-state index contributed by atoms with van der Waals surface area (Å²) in [7, 11) is 0. The monoisotopic (exact) mass is 230 g/mol. The number of hydrogen-bond donors (Lipinski definition) is 1. The number of halogens is 1. The summed E-state index contributed by atoms with van der Waals surface area (Å²) >= 11 is 1.66. The molecule has 0 aliphatic carbocycles. The van der Waals surface area contributed by atoms with Crippen molar-refractivity contribution in [3.63, 3.8) is 0 Å². The van der Waals surface area contributed by atoms with Crippen molar-refractivity contribution in [3.05, 3.63) is 27.7 Å². The molecule has 0 saturated carbocycles. The summed E-state index contributed by atoms with van der Waals surface area (Å²) in [6, 6.07) is 0. The van der Waals surface area contributed by atoms with Gasteiger partial charge >= 0.3 is 0 Å². The van der Waals surface area contributed by atoms with E-state index in [-0.39, 0.29) is 10.9 Å². The quantitative estimate of drug-likeness (QED) is 0.863. The second-order valence-corrected chi connectivity index (χ2v) is 4.78. The number of thioether (sulfide) groups is 1. The molecule has 1 heterocycles. The van der Waals surface area contributed by atoms with Crippen LogP contribution in [0, 0.1) is 5.82 Å². The largest absolute Gasteiger partial charge is 0.307 e. The number of nitrogens with zero attached hydrogens (tertiary/aromatic N) is 1. The van der Waals surface area contributed by atoms with E-state index in [9.17, 15) is 9.18 Å². The van der Waals surface area contributed by atoms with Gasteiger partial charge in [-0.1, -0.05) is 13.8 Å². The average Bonchev–Trinajstić information content (AvgIpc) is 2.22. The lowest BCUT2D eigenvalue weighted by Gasteiger charge is -2.10. The highest BCUT2D eigenvalue weighted by Gasteiger charge is 2.13. The lowest BCUT2D eigenvalue weighted by Crippen LogP contribution is -2.19. The van der Waals surface area contributed by atoms with Gasteiger partial charge in [0.15, 0.2) is 0 Å². The van der Waals surface area contributed by atoms with Crippen molar-refractivity contribution in [2.45, 2.75) is 32.4 Å². The third-order valence-corrected chi connectivity index (χ3v) is 3.14. The van der Waals surface area contributed by atoms with E-state index >= 15 is 0 Å². The molecule has 0 aliphatic heterocycles. The van der Waals surface area contributed by atoms with Crippen molar-refractivity contribution in [1.82, 2.24) is 9.97 Å². The Hall–Kier alpha value is -0.840. The molecule has 1 unspecified atom stereocenters. The molecule has 84 valence electrons. The summed E-state index contributed by atoms with van der Waals surface area (Å²) in [4.78, 5) is 17.8. The molecule has 15 heavy (non-hydrogen) atoms. The Balaban J connectivity index is 3.11. The van der Waals surface area contributed by atoms with Crippen LogP contribution >= 0.6 is 11.8 Å². The number of nitrogens with one attached hydrogen (secondary N) is 1. The molecule has 1 N–H and O–H groups in total. The Morgan fingerprint density at radius 3 is 2.73 bits per heavy atom. The van der Waals surface area contributed by atoms with Gasteiger partial charge in [0.2, 0.25) is 5.82 Å². The van der Waals surface area contributed by atoms with Crippen LogP contribution in [-0.4, -0.2) is 15.7 Å². The number of rotatable bonds is 4. The molecule has 5 heteroatoms. The SMILES string of the molecule is CCSC(C)c1nc(CC)c(F)c(=O)[nH]1. The van der Waals surface area contributed by atoms with Gasteiger partial charge in [-0.05, 0) is 19.1 Å². The predicted octanol–water partition coefficient (Wildman–Crippen LogP) is 2.29. The number of aromatic amines is 1. The molecule has 0 fully saturated rings. The molecule has 0 bridgehead atoms. The van der Waals surface area contributed by atoms with Gasteiger partial charge in [-0.25, -0.2) is 4.98 Å². The first-order chi connectivity index (χ1) is 7.10. The van der Waals surface area contributed by atoms with Crippen LogP contribution in [0.1, 0.15) is 37.5 Å². The van der Waals surface area contributed by atoms with Gasteiger partial charge in [0.25, 0.3) is 5.56 Å². The van der Waals surface area contributed by atoms with Gasteiger partial charge in [0, 0.05) is 0 Å². The molecular formula is C10H15FN2OS. The lowest BCUT2D eigenvalue weighted by molar-refractivity contribution is 0.574. The normalized spacial score (nSPS) is 12.8. The van der Waals surface area contributed by atoms with Crippen LogP contribution in [0.2, 0.25) is 0 Å². The van der Waals surface area contributed by atoms with Gasteiger partial charge < -0.3 is 4.98 Å². The standard InChI is InChI=1S/C10H15FN2OS/c1-4-7-8(11)10(14)13-9(12-7)6(3)15-5-2/h6H,4-5H2,1-3H3,(H,12,13,14). The molecule has 0 amide bonds. The smallest absolute Gasteiger partial charge is 0.287 e. The summed E-state index contributed by atoms with van der Waals surface area (Å²) in [5.74, 6) is 0.740. The fraction of sp³-hybridized carbons (Fsp3) is 0.600. The van der Waals surface area contributed by atoms with Crippen LogP contribution < -0.4 is 5.56 Å². The van der Waals surface area contributed by atoms with Crippen LogP contribution in [0.5, 0.6) is 0 Å². The number of H-pyrrole nitrogens is 1. The second kappa shape index (κ2) is 5.30. The van der Waals surface area contributed by atoms with E-state index in [0.717, 1.165) is 5.75 Å². The molecule has 0 radical (unpaired) electrons. The molecule has 1 aromatic rings. The van der Waals surface area contributed by atoms with Crippen LogP contribution in [0.25, 0.3) is 0 Å². The summed E-state index contributed by atoms with van der Waals surface area (Å²) < 4.78 is 13.2. The Bertz CT molecular complexity index is 391. The van der Waals surface area contributed by atoms with Gasteiger partial charge in [-0.15, -0.1) is 0 Å². The minimum absolute atomic E-state index is 0.0913. The third kappa shape index (κ3) is 2.81. The van der Waals surface area contributed by atoms with Crippen molar-refractivity contribution in [1.29, 1.82) is 0 Å². The molecule has 3 nitrogen and oxygen atoms in total. The van der Waals surface area contributed by atoms with Crippen LogP contribution in [0.4, 0.5) is 4.39 Å². The number of hydrogen-bond acceptors (Lipinski definition) is 3. The Morgan fingerprint density at radius 2 is 2.20 bits per heavy atom. The molecule has 0 spiro atoms. The zero-order valence-corrected chi connectivity index (χ0v) is 9.95. The zero-order valence-electron chi connectivity index (χ0n) is 9.13. The first-order valence-corrected chi connectivity index (χ1v) is 6.05. The zero-order chi connectivity index (χ0) is 11.4. The van der Waals surface area contributed by atoms with E-state index in [1.807, 2.05) is 13.8 Å². The van der Waals surface area contributed by atoms with Crippen molar-refractivity contribution >= 4 is 11.8 Å². The Kier molecular flexibility index (Phi) is 4.32. The van der Waals surface area contributed by atoms with E-state index in [2.05, 4.69) is 9.97 Å². The van der Waals surface area contributed by atoms with E-state index in [4.69, 9.17) is 0 Å². The Morgan fingerprint density at radius 1 is 1.53 bits per heavy atom. The van der Waals surface area contributed by atoms with Crippen LogP contribution in [0.3, 0.4) is 0 Å². The molecule has 0 saturated heterocycles. The molecular weight excluding hydrogens is 215 g/mol. The van der Waals surface area contributed by atoms with Gasteiger partial charge in [0.1, 0.15) is 5.82 Å². The van der Waals surface area contributed by atoms with E-state index in [1.165, 1.54) is 0 Å². The Labute approximate surface area is 92.5 Å². The predicted molar refractivity (Wildman–Crippen MR) is 60.7 cm³/mol. The highest BCUT2D eigenvalue weighted by atomic mass is 32.2. The van der Waals surface area contributed by atoms with Crippen molar-refractivity contribution in [3.8, 4) is 0 Å². The molecule has 0 aromatic carbocycles. The van der Waals surface area contributed by atoms with Crippen LogP contribution in [-0.2, 0) is 6.42 Å². The van der Waals surface area contributed by atoms with Crippen molar-refractivity contribution in [2.24, 2.45) is 0 Å². The summed E-state index contributed by atoms with van der Waals surface area (Å²) in [5, 5.41) is 0.0913. The van der Waals surface area contributed by atoms with E-state index < -0.39 is 11.4 Å². The topological polar surface area (TPSA) is 45.8 Å². The second-order valence-electron chi connectivity index (χ2n) is 3.16. The van der Waals surface area contributed by atoms with Crippen LogP contribution in [0.15, 0.2) is 4.79 Å². The number of aryl methyl sites for hydroxylation is 1. The molecule has 0 aliphatic rings. The highest BCUT2D eigenvalue weighted by Crippen LogP contribution is 2.24. The fourth-order valence-corrected chi connectivity index (χ4v) is 2.05. The summed E-state index contributed by atoms with van der Waals surface area (Å²) in [6.45, 7) is 5.76.